The number of hydrogen-bond donors (Lipinski definition) is 0. The third-order valence-corrected chi connectivity index (χ3v) is 7.28. The highest BCUT2D eigenvalue weighted by Crippen LogP contribution is 2.41. The van der Waals surface area contributed by atoms with Gasteiger partial charge in [-0.1, -0.05) is 71.8 Å². The lowest BCUT2D eigenvalue weighted by Crippen LogP contribution is -2.08. The smallest absolute Gasteiger partial charge is 0.289 e. The summed E-state index contributed by atoms with van der Waals surface area (Å²) in [5.41, 5.74) is 3.36. The second-order valence-corrected chi connectivity index (χ2v) is 10.0. The molecule has 0 amide bonds. The van der Waals surface area contributed by atoms with E-state index in [2.05, 4.69) is 9.97 Å². The molecule has 9 heteroatoms. The fraction of sp³-hybridized carbons (Fsp3) is 0.0606. The summed E-state index contributed by atoms with van der Waals surface area (Å²) in [6.07, 6.45) is 2.98. The van der Waals surface area contributed by atoms with E-state index >= 15 is 0 Å². The molecule has 0 N–H and O–H groups in total. The van der Waals surface area contributed by atoms with E-state index in [1.807, 2.05) is 13.8 Å². The zero-order valence-electron chi connectivity index (χ0n) is 22.6. The molecule has 0 spiro atoms. The number of rotatable bonds is 6. The minimum Gasteiger partial charge on any atom is -0.289 e. The zero-order valence-corrected chi connectivity index (χ0v) is 22.6. The fourth-order valence-corrected chi connectivity index (χ4v) is 5.37. The van der Waals surface area contributed by atoms with Gasteiger partial charge in [-0.05, 0) is 38.1 Å². The third kappa shape index (κ3) is 4.43. The van der Waals surface area contributed by atoms with Crippen LogP contribution < -0.4 is 0 Å². The van der Waals surface area contributed by atoms with Crippen LogP contribution in [0.2, 0.25) is 0 Å². The molecule has 0 atom stereocenters. The van der Waals surface area contributed by atoms with Crippen molar-refractivity contribution in [2.75, 3.05) is 0 Å². The molecule has 4 aromatic carbocycles. The molecule has 0 fully saturated rings. The van der Waals surface area contributed by atoms with Crippen LogP contribution in [0.3, 0.4) is 0 Å². The van der Waals surface area contributed by atoms with Gasteiger partial charge in [0.25, 0.3) is 0 Å². The number of aryl methyl sites for hydroxylation is 2. The number of hydrogen-bond acceptors (Lipinski definition) is 7. The van der Waals surface area contributed by atoms with E-state index in [0.29, 0.717) is 21.9 Å². The molecule has 0 unspecified atom stereocenters. The average molecular weight is 555 g/mol. The number of aromatic nitrogens is 2. The molecule has 0 saturated heterocycles. The van der Waals surface area contributed by atoms with Crippen molar-refractivity contribution in [3.63, 3.8) is 0 Å². The van der Waals surface area contributed by atoms with E-state index in [9.17, 15) is 25.0 Å². The molecule has 204 valence electrons. The Hall–Kier alpha value is -5.83. The maximum absolute atomic E-state index is 14.4. The monoisotopic (exact) mass is 554 g/mol. The van der Waals surface area contributed by atoms with E-state index < -0.39 is 15.6 Å². The van der Waals surface area contributed by atoms with Crippen LogP contribution in [-0.4, -0.2) is 25.6 Å². The summed E-state index contributed by atoms with van der Waals surface area (Å²) in [4.78, 5) is 46.6. The lowest BCUT2D eigenvalue weighted by molar-refractivity contribution is -0.382. The lowest BCUT2D eigenvalue weighted by Gasteiger charge is -2.15. The van der Waals surface area contributed by atoms with E-state index in [0.717, 1.165) is 11.1 Å². The van der Waals surface area contributed by atoms with Gasteiger partial charge in [0.2, 0.25) is 0 Å². The first kappa shape index (κ1) is 26.4. The predicted molar refractivity (Wildman–Crippen MR) is 161 cm³/mol. The van der Waals surface area contributed by atoms with E-state index in [-0.39, 0.29) is 44.7 Å². The molecule has 9 nitrogen and oxygen atoms in total. The Morgan fingerprint density at radius 3 is 1.43 bits per heavy atom. The van der Waals surface area contributed by atoms with E-state index in [1.54, 1.807) is 84.9 Å². The van der Waals surface area contributed by atoms with Crippen molar-refractivity contribution in [3.8, 4) is 22.3 Å². The number of ketones is 1. The van der Waals surface area contributed by atoms with Crippen molar-refractivity contribution in [1.82, 2.24) is 9.97 Å². The SMILES string of the molecule is Cc1ccc(C(=O)c2ccc(C)cc2-c2ccc3cccnc3c2[N+](=O)[O-])c(-c2ccc3cccnc3c2[N+](=O)[O-])c1. The highest BCUT2D eigenvalue weighted by molar-refractivity contribution is 6.17. The van der Waals surface area contributed by atoms with Crippen LogP contribution in [-0.2, 0) is 0 Å². The van der Waals surface area contributed by atoms with Crippen LogP contribution in [0.4, 0.5) is 11.4 Å². The second kappa shape index (κ2) is 10.3. The molecule has 0 aliphatic heterocycles. The molecule has 0 saturated carbocycles. The second-order valence-electron chi connectivity index (χ2n) is 10.0. The summed E-state index contributed by atoms with van der Waals surface area (Å²) in [5, 5.41) is 25.9. The number of nitrogens with zero attached hydrogens (tertiary/aromatic N) is 4. The van der Waals surface area contributed by atoms with Crippen molar-refractivity contribution < 1.29 is 14.6 Å². The first-order valence-electron chi connectivity index (χ1n) is 13.1. The largest absolute Gasteiger partial charge is 0.303 e. The Bertz CT molecular complexity index is 1960. The normalized spacial score (nSPS) is 11.1. The standard InChI is InChI=1S/C33H22N4O5/c1-19-7-11-25(27(17-19)23-13-9-21-5-3-15-34-29(21)31(23)36(39)40)33(38)26-12-8-20(2)18-28(26)24-14-10-22-6-4-16-35-30(22)32(24)37(41)42/h3-18H,1-2H3. The van der Waals surface area contributed by atoms with E-state index in [4.69, 9.17) is 0 Å². The van der Waals surface area contributed by atoms with Gasteiger partial charge in [-0.3, -0.25) is 25.0 Å². The average Bonchev–Trinajstić information content (AvgIpc) is 2.99. The number of pyridine rings is 2. The first-order valence-corrected chi connectivity index (χ1v) is 13.1. The number of benzene rings is 4. The Kier molecular flexibility index (Phi) is 6.47. The van der Waals surface area contributed by atoms with Crippen molar-refractivity contribution in [2.24, 2.45) is 0 Å². The summed E-state index contributed by atoms with van der Waals surface area (Å²) in [7, 11) is 0. The minimum atomic E-state index is -0.482. The molecule has 2 heterocycles. The first-order chi connectivity index (χ1) is 20.2. The maximum atomic E-state index is 14.4. The summed E-state index contributed by atoms with van der Waals surface area (Å²) in [6.45, 7) is 3.68. The Morgan fingerprint density at radius 1 is 0.595 bits per heavy atom. The molecule has 2 aromatic heterocycles. The Balaban J connectivity index is 1.60. The summed E-state index contributed by atoms with van der Waals surface area (Å²) in [5.74, 6) is -0.425. The van der Waals surface area contributed by atoms with Crippen LogP contribution in [0.1, 0.15) is 27.0 Å². The molecule has 42 heavy (non-hydrogen) atoms. The maximum Gasteiger partial charge on any atom is 0.303 e. The van der Waals surface area contributed by atoms with Gasteiger partial charge < -0.3 is 0 Å². The van der Waals surface area contributed by atoms with Crippen molar-refractivity contribution in [1.29, 1.82) is 0 Å². The number of fused-ring (bicyclic) bond motifs is 2. The van der Waals surface area contributed by atoms with Crippen LogP contribution in [0.25, 0.3) is 44.1 Å². The van der Waals surface area contributed by atoms with Crippen LogP contribution >= 0.6 is 0 Å². The lowest BCUT2D eigenvalue weighted by atomic mass is 9.87. The van der Waals surface area contributed by atoms with Gasteiger partial charge >= 0.3 is 11.4 Å². The fourth-order valence-electron chi connectivity index (χ4n) is 5.37. The topological polar surface area (TPSA) is 129 Å². The Morgan fingerprint density at radius 2 is 1.02 bits per heavy atom. The number of carbonyl (C=O) groups excluding carboxylic acids is 1. The molecule has 6 aromatic rings. The third-order valence-electron chi connectivity index (χ3n) is 7.28. The number of nitro groups is 2. The summed E-state index contributed by atoms with van der Waals surface area (Å²) >= 11 is 0. The van der Waals surface area contributed by atoms with Crippen molar-refractivity contribution >= 4 is 39.0 Å². The minimum absolute atomic E-state index is 0.201. The highest BCUT2D eigenvalue weighted by atomic mass is 16.6. The summed E-state index contributed by atoms with van der Waals surface area (Å²) < 4.78 is 0. The van der Waals surface area contributed by atoms with Gasteiger partial charge in [0.15, 0.2) is 5.78 Å². The number of nitro benzene ring substituents is 2. The van der Waals surface area contributed by atoms with Crippen LogP contribution in [0.5, 0.6) is 0 Å². The van der Waals surface area contributed by atoms with Gasteiger partial charge in [0.05, 0.1) is 21.0 Å². The van der Waals surface area contributed by atoms with Crippen LogP contribution in [0.15, 0.2) is 97.3 Å². The highest BCUT2D eigenvalue weighted by Gasteiger charge is 2.28. The predicted octanol–water partition coefficient (Wildman–Crippen LogP) is 7.78. The molecular weight excluding hydrogens is 532 g/mol. The molecular formula is C33H22N4O5. The van der Waals surface area contributed by atoms with Gasteiger partial charge in [0.1, 0.15) is 11.0 Å². The zero-order chi connectivity index (χ0) is 29.5. The van der Waals surface area contributed by atoms with E-state index in [1.165, 1.54) is 12.4 Å². The van der Waals surface area contributed by atoms with Crippen molar-refractivity contribution in [2.45, 2.75) is 13.8 Å². The van der Waals surface area contributed by atoms with Crippen molar-refractivity contribution in [3.05, 3.63) is 140 Å². The quantitative estimate of drug-likeness (QED) is 0.117. The molecule has 0 aliphatic rings. The van der Waals surface area contributed by atoms with Gasteiger partial charge in [-0.15, -0.1) is 0 Å². The van der Waals surface area contributed by atoms with Crippen LogP contribution in [0, 0.1) is 34.1 Å². The molecule has 0 bridgehead atoms. The van der Waals surface area contributed by atoms with Gasteiger partial charge in [-0.25, -0.2) is 9.97 Å². The number of carbonyl (C=O) groups is 1. The molecule has 0 radical (unpaired) electrons. The van der Waals surface area contributed by atoms with Gasteiger partial charge in [-0.2, -0.15) is 0 Å². The van der Waals surface area contributed by atoms with Gasteiger partial charge in [0, 0.05) is 45.4 Å². The summed E-state index contributed by atoms with van der Waals surface area (Å²) in [6, 6.07) is 23.9. The Labute approximate surface area is 239 Å². The molecule has 6 rings (SSSR count). The molecule has 0 aliphatic carbocycles.